The molecule has 0 spiro atoms. The van der Waals surface area contributed by atoms with Crippen molar-refractivity contribution >= 4 is 29.1 Å². The normalized spacial score (nSPS) is 10.4. The maximum atomic E-state index is 12.5. The van der Waals surface area contributed by atoms with E-state index in [1.54, 1.807) is 24.3 Å². The van der Waals surface area contributed by atoms with Crippen LogP contribution in [-0.4, -0.2) is 16.8 Å². The number of hydrogen-bond donors (Lipinski definition) is 2. The summed E-state index contributed by atoms with van der Waals surface area (Å²) in [5.41, 5.74) is 4.06. The number of anilines is 1. The number of benzene rings is 2. The van der Waals surface area contributed by atoms with Crippen LogP contribution in [0.2, 0.25) is 5.02 Å². The van der Waals surface area contributed by atoms with E-state index in [0.717, 1.165) is 16.7 Å². The zero-order valence-corrected chi connectivity index (χ0v) is 16.4. The number of pyridine rings is 1. The molecule has 0 atom stereocenters. The van der Waals surface area contributed by atoms with Crippen LogP contribution in [0.15, 0.2) is 60.7 Å². The van der Waals surface area contributed by atoms with Crippen LogP contribution in [0.5, 0.6) is 0 Å². The van der Waals surface area contributed by atoms with Gasteiger partial charge in [0.25, 0.3) is 11.8 Å². The highest BCUT2D eigenvalue weighted by Crippen LogP contribution is 2.16. The van der Waals surface area contributed by atoms with Crippen molar-refractivity contribution in [3.05, 3.63) is 93.8 Å². The standard InChI is InChI=1S/C22H20ClN3O2/c1-14-10-11-17(12-15(14)2)25-22(28)20-9-5-8-19(26-20)21(27)24-13-16-6-3-4-7-18(16)23/h3-12H,13H2,1-2H3,(H,24,27)(H,25,28). The molecule has 3 aromatic rings. The minimum Gasteiger partial charge on any atom is -0.347 e. The SMILES string of the molecule is Cc1ccc(NC(=O)c2cccc(C(=O)NCc3ccccc3Cl)n2)cc1C. The molecule has 0 unspecified atom stereocenters. The molecule has 0 radical (unpaired) electrons. The highest BCUT2D eigenvalue weighted by Gasteiger charge is 2.13. The Kier molecular flexibility index (Phi) is 6.06. The Morgan fingerprint density at radius 2 is 1.61 bits per heavy atom. The van der Waals surface area contributed by atoms with Gasteiger partial charge in [-0.15, -0.1) is 0 Å². The van der Waals surface area contributed by atoms with Gasteiger partial charge >= 0.3 is 0 Å². The van der Waals surface area contributed by atoms with Gasteiger partial charge < -0.3 is 10.6 Å². The van der Waals surface area contributed by atoms with Crippen LogP contribution in [0.25, 0.3) is 0 Å². The lowest BCUT2D eigenvalue weighted by Crippen LogP contribution is -2.25. The van der Waals surface area contributed by atoms with Crippen LogP contribution in [0.4, 0.5) is 5.69 Å². The van der Waals surface area contributed by atoms with E-state index in [9.17, 15) is 9.59 Å². The molecule has 5 nitrogen and oxygen atoms in total. The van der Waals surface area contributed by atoms with Crippen LogP contribution in [0.3, 0.4) is 0 Å². The van der Waals surface area contributed by atoms with Gasteiger partial charge in [0.2, 0.25) is 0 Å². The van der Waals surface area contributed by atoms with Crippen LogP contribution in [0, 0.1) is 13.8 Å². The van der Waals surface area contributed by atoms with E-state index in [1.807, 2.05) is 50.2 Å². The van der Waals surface area contributed by atoms with Gasteiger partial charge in [0.1, 0.15) is 11.4 Å². The predicted molar refractivity (Wildman–Crippen MR) is 111 cm³/mol. The quantitative estimate of drug-likeness (QED) is 0.668. The van der Waals surface area contributed by atoms with Crippen LogP contribution in [0.1, 0.15) is 37.7 Å². The number of nitrogens with zero attached hydrogens (tertiary/aromatic N) is 1. The summed E-state index contributed by atoms with van der Waals surface area (Å²) in [5, 5.41) is 6.16. The van der Waals surface area contributed by atoms with Gasteiger partial charge in [0.15, 0.2) is 0 Å². The molecule has 2 amide bonds. The maximum absolute atomic E-state index is 12.5. The number of halogens is 1. The Hall–Kier alpha value is -3.18. The van der Waals surface area contributed by atoms with Crippen molar-refractivity contribution in [2.75, 3.05) is 5.32 Å². The molecule has 0 aliphatic heterocycles. The van der Waals surface area contributed by atoms with Gasteiger partial charge in [0.05, 0.1) is 0 Å². The minimum atomic E-state index is -0.374. The Morgan fingerprint density at radius 1 is 0.893 bits per heavy atom. The average molecular weight is 394 g/mol. The van der Waals surface area contributed by atoms with E-state index in [4.69, 9.17) is 11.6 Å². The number of carbonyl (C=O) groups excluding carboxylic acids is 2. The first-order chi connectivity index (χ1) is 13.4. The van der Waals surface area contributed by atoms with E-state index in [1.165, 1.54) is 0 Å². The highest BCUT2D eigenvalue weighted by molar-refractivity contribution is 6.31. The molecule has 142 valence electrons. The second-order valence-corrected chi connectivity index (χ2v) is 6.84. The summed E-state index contributed by atoms with van der Waals surface area (Å²) in [6, 6.07) is 17.7. The number of aromatic nitrogens is 1. The topological polar surface area (TPSA) is 71.1 Å². The van der Waals surface area contributed by atoms with E-state index < -0.39 is 0 Å². The second-order valence-electron chi connectivity index (χ2n) is 6.44. The Labute approximate surface area is 168 Å². The van der Waals surface area contributed by atoms with Crippen molar-refractivity contribution in [1.29, 1.82) is 0 Å². The third-order valence-electron chi connectivity index (χ3n) is 4.38. The van der Waals surface area contributed by atoms with Crippen molar-refractivity contribution in [1.82, 2.24) is 10.3 Å². The number of nitrogens with one attached hydrogen (secondary N) is 2. The van der Waals surface area contributed by atoms with Gasteiger partial charge in [-0.1, -0.05) is 41.9 Å². The Morgan fingerprint density at radius 3 is 2.32 bits per heavy atom. The van der Waals surface area contributed by atoms with Gasteiger partial charge in [-0.25, -0.2) is 4.98 Å². The molecule has 1 heterocycles. The van der Waals surface area contributed by atoms with Crippen LogP contribution < -0.4 is 10.6 Å². The molecule has 2 N–H and O–H groups in total. The average Bonchev–Trinajstić information content (AvgIpc) is 2.70. The number of amides is 2. The molecule has 0 saturated heterocycles. The monoisotopic (exact) mass is 393 g/mol. The molecule has 2 aromatic carbocycles. The van der Waals surface area contributed by atoms with Crippen molar-refractivity contribution in [2.45, 2.75) is 20.4 Å². The molecule has 1 aromatic heterocycles. The Balaban J connectivity index is 1.68. The second kappa shape index (κ2) is 8.67. The number of hydrogen-bond acceptors (Lipinski definition) is 3. The molecule has 0 aliphatic carbocycles. The zero-order chi connectivity index (χ0) is 20.1. The molecular weight excluding hydrogens is 374 g/mol. The van der Waals surface area contributed by atoms with Crippen molar-refractivity contribution in [2.24, 2.45) is 0 Å². The summed E-state index contributed by atoms with van der Waals surface area (Å²) in [4.78, 5) is 29.1. The molecule has 0 aliphatic rings. The molecule has 3 rings (SSSR count). The lowest BCUT2D eigenvalue weighted by Gasteiger charge is -2.09. The Bertz CT molecular complexity index is 1030. The molecule has 0 saturated carbocycles. The summed E-state index contributed by atoms with van der Waals surface area (Å²) in [5.74, 6) is -0.746. The first kappa shape index (κ1) is 19.6. The van der Waals surface area contributed by atoms with Crippen molar-refractivity contribution < 1.29 is 9.59 Å². The minimum absolute atomic E-state index is 0.166. The highest BCUT2D eigenvalue weighted by atomic mass is 35.5. The van der Waals surface area contributed by atoms with Crippen molar-refractivity contribution in [3.8, 4) is 0 Å². The molecule has 0 bridgehead atoms. The van der Waals surface area contributed by atoms with Gasteiger partial charge in [-0.05, 0) is 60.9 Å². The fourth-order valence-corrected chi connectivity index (χ4v) is 2.81. The molecule has 28 heavy (non-hydrogen) atoms. The smallest absolute Gasteiger partial charge is 0.274 e. The molecule has 6 heteroatoms. The van der Waals surface area contributed by atoms with Gasteiger partial charge in [-0.3, -0.25) is 9.59 Å². The third-order valence-corrected chi connectivity index (χ3v) is 4.75. The summed E-state index contributed by atoms with van der Waals surface area (Å²) >= 11 is 6.10. The fourth-order valence-electron chi connectivity index (χ4n) is 2.61. The predicted octanol–water partition coefficient (Wildman–Crippen LogP) is 4.53. The summed E-state index contributed by atoms with van der Waals surface area (Å²) in [6.07, 6.45) is 0. The van der Waals surface area contributed by atoms with Crippen LogP contribution >= 0.6 is 11.6 Å². The fraction of sp³-hybridized carbons (Fsp3) is 0.136. The first-order valence-electron chi connectivity index (χ1n) is 8.81. The first-order valence-corrected chi connectivity index (χ1v) is 9.19. The van der Waals surface area contributed by atoms with E-state index in [0.29, 0.717) is 10.7 Å². The van der Waals surface area contributed by atoms with Crippen LogP contribution in [-0.2, 0) is 6.54 Å². The lowest BCUT2D eigenvalue weighted by atomic mass is 10.1. The molecule has 0 fully saturated rings. The number of aryl methyl sites for hydroxylation is 2. The lowest BCUT2D eigenvalue weighted by molar-refractivity contribution is 0.0945. The summed E-state index contributed by atoms with van der Waals surface area (Å²) in [7, 11) is 0. The van der Waals surface area contributed by atoms with E-state index in [-0.39, 0.29) is 29.7 Å². The van der Waals surface area contributed by atoms with E-state index in [2.05, 4.69) is 15.6 Å². The number of carbonyl (C=O) groups is 2. The largest absolute Gasteiger partial charge is 0.347 e. The van der Waals surface area contributed by atoms with E-state index >= 15 is 0 Å². The van der Waals surface area contributed by atoms with Gasteiger partial charge in [-0.2, -0.15) is 0 Å². The summed E-state index contributed by atoms with van der Waals surface area (Å²) < 4.78 is 0. The number of rotatable bonds is 5. The maximum Gasteiger partial charge on any atom is 0.274 e. The zero-order valence-electron chi connectivity index (χ0n) is 15.6. The molecular formula is C22H20ClN3O2. The third kappa shape index (κ3) is 4.75. The van der Waals surface area contributed by atoms with Gasteiger partial charge in [0, 0.05) is 17.3 Å². The van der Waals surface area contributed by atoms with Crippen molar-refractivity contribution in [3.63, 3.8) is 0 Å². The summed E-state index contributed by atoms with van der Waals surface area (Å²) in [6.45, 7) is 4.26.